The van der Waals surface area contributed by atoms with E-state index in [2.05, 4.69) is 12.2 Å². The second kappa shape index (κ2) is 8.21. The van der Waals surface area contributed by atoms with Crippen LogP contribution >= 0.6 is 0 Å². The van der Waals surface area contributed by atoms with Crippen LogP contribution in [0.25, 0.3) is 0 Å². The molecule has 2 atom stereocenters. The van der Waals surface area contributed by atoms with Crippen LogP contribution in [0.3, 0.4) is 0 Å². The minimum atomic E-state index is -0.293. The van der Waals surface area contributed by atoms with Gasteiger partial charge < -0.3 is 14.6 Å². The smallest absolute Gasteiger partial charge is 0.227 e. The lowest BCUT2D eigenvalue weighted by atomic mass is 10.1. The molecule has 1 N–H and O–H groups in total. The number of anilines is 1. The number of carbonyl (C=O) groups is 2. The van der Waals surface area contributed by atoms with E-state index < -0.39 is 0 Å². The quantitative estimate of drug-likeness (QED) is 0.829. The van der Waals surface area contributed by atoms with Gasteiger partial charge in [-0.1, -0.05) is 25.1 Å². The highest BCUT2D eigenvalue weighted by Gasteiger charge is 2.36. The minimum absolute atomic E-state index is 0.0225. The van der Waals surface area contributed by atoms with Crippen molar-refractivity contribution in [2.75, 3.05) is 11.4 Å². The largest absolute Gasteiger partial charge is 0.469 e. The molecule has 1 saturated heterocycles. The summed E-state index contributed by atoms with van der Waals surface area (Å²) in [6.07, 6.45) is 4.39. The molecule has 5 nitrogen and oxygen atoms in total. The summed E-state index contributed by atoms with van der Waals surface area (Å²) in [6, 6.07) is 11.8. The van der Waals surface area contributed by atoms with E-state index in [9.17, 15) is 9.59 Å². The summed E-state index contributed by atoms with van der Waals surface area (Å²) in [5.74, 6) is 0.610. The van der Waals surface area contributed by atoms with Gasteiger partial charge in [-0.05, 0) is 43.5 Å². The molecule has 2 aromatic rings. The lowest BCUT2D eigenvalue weighted by Crippen LogP contribution is -2.38. The molecule has 26 heavy (non-hydrogen) atoms. The van der Waals surface area contributed by atoms with E-state index in [0.717, 1.165) is 36.3 Å². The molecule has 0 spiro atoms. The average Bonchev–Trinajstić information content (AvgIpc) is 3.29. The fourth-order valence-corrected chi connectivity index (χ4v) is 3.44. The third-order valence-corrected chi connectivity index (χ3v) is 4.95. The number of para-hydroxylation sites is 1. The predicted octanol–water partition coefficient (Wildman–Crippen LogP) is 3.33. The summed E-state index contributed by atoms with van der Waals surface area (Å²) in [6.45, 7) is 4.51. The van der Waals surface area contributed by atoms with Crippen molar-refractivity contribution in [3.63, 3.8) is 0 Å². The van der Waals surface area contributed by atoms with Crippen molar-refractivity contribution < 1.29 is 14.0 Å². The van der Waals surface area contributed by atoms with Crippen molar-refractivity contribution in [2.45, 2.75) is 45.6 Å². The maximum absolute atomic E-state index is 12.6. The van der Waals surface area contributed by atoms with Gasteiger partial charge in [0.1, 0.15) is 5.76 Å². The SMILES string of the molecule is CCc1ccccc1N1CC(C(=O)NC(C)CCc2ccco2)CC1=O. The zero-order valence-electron chi connectivity index (χ0n) is 15.4. The van der Waals surface area contributed by atoms with E-state index in [1.807, 2.05) is 43.3 Å². The average molecular weight is 354 g/mol. The molecule has 3 rings (SSSR count). The molecule has 1 aliphatic rings. The summed E-state index contributed by atoms with van der Waals surface area (Å²) >= 11 is 0. The normalized spacial score (nSPS) is 18.2. The summed E-state index contributed by atoms with van der Waals surface area (Å²) in [7, 11) is 0. The van der Waals surface area contributed by atoms with Crippen LogP contribution in [0.4, 0.5) is 5.69 Å². The van der Waals surface area contributed by atoms with Crippen LogP contribution in [-0.4, -0.2) is 24.4 Å². The van der Waals surface area contributed by atoms with Crippen molar-refractivity contribution in [1.82, 2.24) is 5.32 Å². The number of carbonyl (C=O) groups excluding carboxylic acids is 2. The Hall–Kier alpha value is -2.56. The third-order valence-electron chi connectivity index (χ3n) is 4.95. The number of hydrogen-bond acceptors (Lipinski definition) is 3. The van der Waals surface area contributed by atoms with Crippen LogP contribution in [0.5, 0.6) is 0 Å². The van der Waals surface area contributed by atoms with Crippen LogP contribution < -0.4 is 10.2 Å². The van der Waals surface area contributed by atoms with E-state index in [-0.39, 0.29) is 30.2 Å². The summed E-state index contributed by atoms with van der Waals surface area (Å²) in [4.78, 5) is 26.8. The number of furan rings is 1. The van der Waals surface area contributed by atoms with E-state index in [4.69, 9.17) is 4.42 Å². The van der Waals surface area contributed by atoms with E-state index in [0.29, 0.717) is 6.54 Å². The third kappa shape index (κ3) is 4.15. The van der Waals surface area contributed by atoms with Gasteiger partial charge in [-0.3, -0.25) is 9.59 Å². The molecular weight excluding hydrogens is 328 g/mol. The van der Waals surface area contributed by atoms with Crippen molar-refractivity contribution >= 4 is 17.5 Å². The van der Waals surface area contributed by atoms with Crippen LogP contribution in [0.15, 0.2) is 47.1 Å². The van der Waals surface area contributed by atoms with Crippen LogP contribution in [0.2, 0.25) is 0 Å². The maximum Gasteiger partial charge on any atom is 0.227 e. The number of aryl methyl sites for hydroxylation is 2. The van der Waals surface area contributed by atoms with E-state index >= 15 is 0 Å². The topological polar surface area (TPSA) is 62.6 Å². The predicted molar refractivity (Wildman–Crippen MR) is 101 cm³/mol. The van der Waals surface area contributed by atoms with Gasteiger partial charge in [0, 0.05) is 31.1 Å². The van der Waals surface area contributed by atoms with Gasteiger partial charge in [0.15, 0.2) is 0 Å². The molecule has 0 bridgehead atoms. The Bertz CT molecular complexity index is 754. The summed E-state index contributed by atoms with van der Waals surface area (Å²) < 4.78 is 5.32. The molecule has 1 aromatic carbocycles. The van der Waals surface area contributed by atoms with Gasteiger partial charge >= 0.3 is 0 Å². The van der Waals surface area contributed by atoms with Gasteiger partial charge in [-0.15, -0.1) is 0 Å². The molecule has 1 fully saturated rings. The fourth-order valence-electron chi connectivity index (χ4n) is 3.44. The van der Waals surface area contributed by atoms with Crippen LogP contribution in [-0.2, 0) is 22.4 Å². The molecule has 2 heterocycles. The Morgan fingerprint density at radius 1 is 1.31 bits per heavy atom. The minimum Gasteiger partial charge on any atom is -0.469 e. The monoisotopic (exact) mass is 354 g/mol. The first-order valence-corrected chi connectivity index (χ1v) is 9.29. The van der Waals surface area contributed by atoms with Crippen molar-refractivity contribution in [1.29, 1.82) is 0 Å². The van der Waals surface area contributed by atoms with Crippen molar-refractivity contribution in [2.24, 2.45) is 5.92 Å². The number of nitrogens with one attached hydrogen (secondary N) is 1. The number of benzene rings is 1. The van der Waals surface area contributed by atoms with E-state index in [1.165, 1.54) is 0 Å². The molecule has 0 saturated carbocycles. The Morgan fingerprint density at radius 3 is 2.85 bits per heavy atom. The standard InChI is InChI=1S/C21H26N2O3/c1-3-16-7-4-5-9-19(16)23-14-17(13-20(23)24)21(25)22-15(2)10-11-18-8-6-12-26-18/h4-9,12,15,17H,3,10-11,13-14H2,1-2H3,(H,22,25). The second-order valence-electron chi connectivity index (χ2n) is 6.92. The van der Waals surface area contributed by atoms with E-state index in [1.54, 1.807) is 11.2 Å². The number of hydrogen-bond donors (Lipinski definition) is 1. The van der Waals surface area contributed by atoms with Crippen LogP contribution in [0.1, 0.15) is 38.0 Å². The highest BCUT2D eigenvalue weighted by atomic mass is 16.3. The Morgan fingerprint density at radius 2 is 2.12 bits per heavy atom. The van der Waals surface area contributed by atoms with Gasteiger partial charge in [0.25, 0.3) is 0 Å². The molecular formula is C21H26N2O3. The van der Waals surface area contributed by atoms with Gasteiger partial charge in [0.2, 0.25) is 11.8 Å². The van der Waals surface area contributed by atoms with Gasteiger partial charge in [0.05, 0.1) is 12.2 Å². The van der Waals surface area contributed by atoms with Crippen molar-refractivity contribution in [3.05, 3.63) is 54.0 Å². The molecule has 2 unspecified atom stereocenters. The molecule has 1 aliphatic heterocycles. The first-order chi connectivity index (χ1) is 12.6. The maximum atomic E-state index is 12.6. The molecule has 5 heteroatoms. The summed E-state index contributed by atoms with van der Waals surface area (Å²) in [5.41, 5.74) is 2.06. The Labute approximate surface area is 154 Å². The second-order valence-corrected chi connectivity index (χ2v) is 6.92. The highest BCUT2D eigenvalue weighted by Crippen LogP contribution is 2.28. The molecule has 138 valence electrons. The van der Waals surface area contributed by atoms with Crippen LogP contribution in [0, 0.1) is 5.92 Å². The zero-order valence-corrected chi connectivity index (χ0v) is 15.4. The highest BCUT2D eigenvalue weighted by molar-refractivity contribution is 6.00. The molecule has 2 amide bonds. The molecule has 0 aliphatic carbocycles. The summed E-state index contributed by atoms with van der Waals surface area (Å²) in [5, 5.41) is 3.05. The zero-order chi connectivity index (χ0) is 18.5. The van der Waals surface area contributed by atoms with Crippen molar-refractivity contribution in [3.8, 4) is 0 Å². The molecule has 0 radical (unpaired) electrons. The number of nitrogens with zero attached hydrogens (tertiary/aromatic N) is 1. The first kappa shape index (κ1) is 18.2. The Kier molecular flexibility index (Phi) is 5.76. The number of amides is 2. The lowest BCUT2D eigenvalue weighted by Gasteiger charge is -2.20. The fraction of sp³-hybridized carbons (Fsp3) is 0.429. The Balaban J connectivity index is 1.56. The lowest BCUT2D eigenvalue weighted by molar-refractivity contribution is -0.126. The van der Waals surface area contributed by atoms with Gasteiger partial charge in [-0.2, -0.15) is 0 Å². The van der Waals surface area contributed by atoms with Gasteiger partial charge in [-0.25, -0.2) is 0 Å². The first-order valence-electron chi connectivity index (χ1n) is 9.29. The number of rotatable bonds is 7. The molecule has 1 aromatic heterocycles.